The molecule has 0 spiro atoms. The molecule has 4 nitrogen and oxygen atoms in total. The van der Waals surface area contributed by atoms with Gasteiger partial charge in [0.25, 0.3) is 0 Å². The van der Waals surface area contributed by atoms with Crippen LogP contribution in [0.25, 0.3) is 0 Å². The van der Waals surface area contributed by atoms with Crippen molar-refractivity contribution in [1.29, 1.82) is 0 Å². The highest BCUT2D eigenvalue weighted by Gasteiger charge is 2.08. The number of halogens is 1. The lowest BCUT2D eigenvalue weighted by Gasteiger charge is -2.08. The van der Waals surface area contributed by atoms with E-state index in [0.717, 1.165) is 0 Å². The van der Waals surface area contributed by atoms with E-state index in [2.05, 4.69) is 10.3 Å². The van der Waals surface area contributed by atoms with Gasteiger partial charge in [0.15, 0.2) is 0 Å². The minimum atomic E-state index is -0.993. The Hall–Kier alpha value is -2.43. The summed E-state index contributed by atoms with van der Waals surface area (Å²) in [5.74, 6) is -0.628. The SMILES string of the molecule is Cc1nc(NCCc2ccccc2F)ccc1C(=O)O. The van der Waals surface area contributed by atoms with Crippen molar-refractivity contribution in [2.45, 2.75) is 13.3 Å². The normalized spacial score (nSPS) is 10.3. The van der Waals surface area contributed by atoms with E-state index in [4.69, 9.17) is 5.11 Å². The van der Waals surface area contributed by atoms with Crippen molar-refractivity contribution in [3.63, 3.8) is 0 Å². The molecule has 1 aromatic carbocycles. The van der Waals surface area contributed by atoms with Gasteiger partial charge in [-0.1, -0.05) is 18.2 Å². The zero-order chi connectivity index (χ0) is 14.5. The second kappa shape index (κ2) is 6.14. The van der Waals surface area contributed by atoms with Crippen molar-refractivity contribution in [2.24, 2.45) is 0 Å². The molecule has 0 bridgehead atoms. The van der Waals surface area contributed by atoms with Gasteiger partial charge in [0.05, 0.1) is 11.3 Å². The Balaban J connectivity index is 1.97. The smallest absolute Gasteiger partial charge is 0.337 e. The average Bonchev–Trinajstić information content (AvgIpc) is 2.40. The molecule has 0 amide bonds. The van der Waals surface area contributed by atoms with Crippen molar-refractivity contribution >= 4 is 11.8 Å². The van der Waals surface area contributed by atoms with Crippen molar-refractivity contribution in [2.75, 3.05) is 11.9 Å². The molecule has 0 fully saturated rings. The molecule has 1 aromatic heterocycles. The topological polar surface area (TPSA) is 62.2 Å². The van der Waals surface area contributed by atoms with Crippen LogP contribution in [0, 0.1) is 12.7 Å². The summed E-state index contributed by atoms with van der Waals surface area (Å²) in [4.78, 5) is 15.0. The van der Waals surface area contributed by atoms with Crippen LogP contribution in [-0.4, -0.2) is 22.6 Å². The van der Waals surface area contributed by atoms with E-state index >= 15 is 0 Å². The Labute approximate surface area is 116 Å². The Morgan fingerprint density at radius 1 is 1.30 bits per heavy atom. The second-order valence-corrected chi connectivity index (χ2v) is 4.40. The molecule has 20 heavy (non-hydrogen) atoms. The minimum absolute atomic E-state index is 0.185. The van der Waals surface area contributed by atoms with Crippen molar-refractivity contribution < 1.29 is 14.3 Å². The van der Waals surface area contributed by atoms with E-state index in [1.165, 1.54) is 12.1 Å². The summed E-state index contributed by atoms with van der Waals surface area (Å²) in [5, 5.41) is 12.0. The zero-order valence-electron chi connectivity index (χ0n) is 11.1. The summed E-state index contributed by atoms with van der Waals surface area (Å²) < 4.78 is 13.4. The number of anilines is 1. The first kappa shape index (κ1) is 14.0. The first-order valence-corrected chi connectivity index (χ1v) is 6.26. The van der Waals surface area contributed by atoms with E-state index in [1.54, 1.807) is 31.2 Å². The molecule has 0 aliphatic carbocycles. The van der Waals surface area contributed by atoms with Crippen LogP contribution in [0.15, 0.2) is 36.4 Å². The Morgan fingerprint density at radius 3 is 2.70 bits per heavy atom. The van der Waals surface area contributed by atoms with Gasteiger partial charge >= 0.3 is 5.97 Å². The largest absolute Gasteiger partial charge is 0.478 e. The maximum absolute atomic E-state index is 13.4. The fourth-order valence-electron chi connectivity index (χ4n) is 1.91. The molecule has 2 rings (SSSR count). The third kappa shape index (κ3) is 3.32. The van der Waals surface area contributed by atoms with Gasteiger partial charge in [0, 0.05) is 6.54 Å². The highest BCUT2D eigenvalue weighted by atomic mass is 19.1. The molecule has 0 saturated heterocycles. The molecule has 2 aromatic rings. The monoisotopic (exact) mass is 274 g/mol. The highest BCUT2D eigenvalue weighted by Crippen LogP contribution is 2.11. The number of aryl methyl sites for hydroxylation is 1. The van der Waals surface area contributed by atoms with Crippen molar-refractivity contribution in [3.05, 3.63) is 59.0 Å². The summed E-state index contributed by atoms with van der Waals surface area (Å²) in [6.07, 6.45) is 0.536. The predicted octanol–water partition coefficient (Wildman–Crippen LogP) is 2.88. The zero-order valence-corrected chi connectivity index (χ0v) is 11.1. The molecule has 0 aliphatic heterocycles. The van der Waals surface area contributed by atoms with E-state index in [0.29, 0.717) is 30.0 Å². The third-order valence-electron chi connectivity index (χ3n) is 2.97. The number of nitrogens with one attached hydrogen (secondary N) is 1. The minimum Gasteiger partial charge on any atom is -0.478 e. The number of hydrogen-bond donors (Lipinski definition) is 2. The first-order valence-electron chi connectivity index (χ1n) is 6.26. The number of benzene rings is 1. The number of rotatable bonds is 5. The quantitative estimate of drug-likeness (QED) is 0.880. The van der Waals surface area contributed by atoms with Gasteiger partial charge in [0.1, 0.15) is 11.6 Å². The molecule has 0 atom stereocenters. The molecule has 0 radical (unpaired) electrons. The molecule has 2 N–H and O–H groups in total. The van der Waals surface area contributed by atoms with Gasteiger partial charge in [-0.15, -0.1) is 0 Å². The number of carboxylic acids is 1. The fraction of sp³-hybridized carbons (Fsp3) is 0.200. The lowest BCUT2D eigenvalue weighted by atomic mass is 10.1. The van der Waals surface area contributed by atoms with E-state index < -0.39 is 5.97 Å². The van der Waals surface area contributed by atoms with E-state index in [9.17, 15) is 9.18 Å². The second-order valence-electron chi connectivity index (χ2n) is 4.40. The van der Waals surface area contributed by atoms with Crippen LogP contribution in [0.2, 0.25) is 0 Å². The molecule has 104 valence electrons. The van der Waals surface area contributed by atoms with Gasteiger partial charge in [-0.3, -0.25) is 0 Å². The van der Waals surface area contributed by atoms with Crippen LogP contribution < -0.4 is 5.32 Å². The maximum atomic E-state index is 13.4. The maximum Gasteiger partial charge on any atom is 0.337 e. The molecule has 0 unspecified atom stereocenters. The van der Waals surface area contributed by atoms with Gasteiger partial charge in [-0.25, -0.2) is 14.2 Å². The molecule has 1 heterocycles. The molecule has 0 aliphatic rings. The summed E-state index contributed by atoms with van der Waals surface area (Å²) in [7, 11) is 0. The highest BCUT2D eigenvalue weighted by molar-refractivity contribution is 5.89. The van der Waals surface area contributed by atoms with E-state index in [1.807, 2.05) is 0 Å². The number of carboxylic acid groups (broad SMARTS) is 1. The summed E-state index contributed by atoms with van der Waals surface area (Å²) in [6.45, 7) is 2.17. The lowest BCUT2D eigenvalue weighted by molar-refractivity contribution is 0.0695. The van der Waals surface area contributed by atoms with Gasteiger partial charge in [-0.2, -0.15) is 0 Å². The average molecular weight is 274 g/mol. The number of hydrogen-bond acceptors (Lipinski definition) is 3. The summed E-state index contributed by atoms with van der Waals surface area (Å²) >= 11 is 0. The molecule has 0 saturated carbocycles. The Morgan fingerprint density at radius 2 is 2.05 bits per heavy atom. The third-order valence-corrected chi connectivity index (χ3v) is 2.97. The molecule has 5 heteroatoms. The van der Waals surface area contributed by atoms with Crippen LogP contribution in [0.3, 0.4) is 0 Å². The number of aromatic nitrogens is 1. The molecular formula is C15H15FN2O2. The van der Waals surface area contributed by atoms with Crippen LogP contribution in [0.5, 0.6) is 0 Å². The van der Waals surface area contributed by atoms with Crippen LogP contribution >= 0.6 is 0 Å². The number of nitrogens with zero attached hydrogens (tertiary/aromatic N) is 1. The van der Waals surface area contributed by atoms with Crippen LogP contribution in [0.1, 0.15) is 21.6 Å². The standard InChI is InChI=1S/C15H15FN2O2/c1-10-12(15(19)20)6-7-14(18-10)17-9-8-11-4-2-3-5-13(11)16/h2-7H,8-9H2,1H3,(H,17,18)(H,19,20). The Bertz CT molecular complexity index is 629. The predicted molar refractivity (Wildman–Crippen MR) is 74.5 cm³/mol. The first-order chi connectivity index (χ1) is 9.58. The Kier molecular flexibility index (Phi) is 4.30. The van der Waals surface area contributed by atoms with Crippen molar-refractivity contribution in [1.82, 2.24) is 4.98 Å². The molecular weight excluding hydrogens is 259 g/mol. The summed E-state index contributed by atoms with van der Waals surface area (Å²) in [5.41, 5.74) is 1.27. The summed E-state index contributed by atoms with van der Waals surface area (Å²) in [6, 6.07) is 9.74. The number of pyridine rings is 1. The van der Waals surface area contributed by atoms with Crippen LogP contribution in [0.4, 0.5) is 10.2 Å². The van der Waals surface area contributed by atoms with Gasteiger partial charge in [-0.05, 0) is 37.1 Å². The number of carbonyl (C=O) groups is 1. The van der Waals surface area contributed by atoms with Crippen molar-refractivity contribution in [3.8, 4) is 0 Å². The van der Waals surface area contributed by atoms with Gasteiger partial charge in [0.2, 0.25) is 0 Å². The van der Waals surface area contributed by atoms with Gasteiger partial charge < -0.3 is 10.4 Å². The number of aromatic carboxylic acids is 1. The van der Waals surface area contributed by atoms with E-state index in [-0.39, 0.29) is 11.4 Å². The lowest BCUT2D eigenvalue weighted by Crippen LogP contribution is -2.09. The van der Waals surface area contributed by atoms with Crippen LogP contribution in [-0.2, 0) is 6.42 Å². The fourth-order valence-corrected chi connectivity index (χ4v) is 1.91.